The molecule has 3 rings (SSSR count). The molecule has 1 N–H and O–H groups in total. The second kappa shape index (κ2) is 6.28. The summed E-state index contributed by atoms with van der Waals surface area (Å²) in [5.41, 5.74) is -4.20. The summed E-state index contributed by atoms with van der Waals surface area (Å²) in [6.45, 7) is -0.610. The Balaban J connectivity index is 2.16. The molecular weight excluding hydrogens is 382 g/mol. The van der Waals surface area contributed by atoms with E-state index < -0.39 is 47.8 Å². The van der Waals surface area contributed by atoms with Crippen molar-refractivity contribution in [2.45, 2.75) is 25.3 Å². The lowest BCUT2D eigenvalue weighted by molar-refractivity contribution is -0.140. The third-order valence-corrected chi connectivity index (χ3v) is 3.63. The van der Waals surface area contributed by atoms with Gasteiger partial charge < -0.3 is 5.11 Å². The van der Waals surface area contributed by atoms with E-state index in [1.165, 1.54) is 0 Å². The Bertz CT molecular complexity index is 1050. The van der Waals surface area contributed by atoms with Gasteiger partial charge in [0.1, 0.15) is 11.4 Å². The van der Waals surface area contributed by atoms with Crippen LogP contribution in [0.5, 0.6) is 5.75 Å². The van der Waals surface area contributed by atoms with Crippen LogP contribution in [0.2, 0.25) is 0 Å². The molecular formula is C15H10F6N4O2. The molecule has 0 amide bonds. The molecule has 12 heteroatoms. The highest BCUT2D eigenvalue weighted by Gasteiger charge is 2.38. The van der Waals surface area contributed by atoms with E-state index in [9.17, 15) is 36.2 Å². The van der Waals surface area contributed by atoms with Crippen LogP contribution in [-0.2, 0) is 12.7 Å². The maximum absolute atomic E-state index is 13.4. The zero-order chi connectivity index (χ0) is 20.0. The predicted molar refractivity (Wildman–Crippen MR) is 80.0 cm³/mol. The molecule has 0 aromatic carbocycles. The van der Waals surface area contributed by atoms with Gasteiger partial charge in [-0.15, -0.1) is 0 Å². The van der Waals surface area contributed by atoms with E-state index in [0.717, 1.165) is 39.8 Å². The van der Waals surface area contributed by atoms with Crippen molar-refractivity contribution in [3.8, 4) is 16.9 Å². The van der Waals surface area contributed by atoms with Gasteiger partial charge >= 0.3 is 12.4 Å². The van der Waals surface area contributed by atoms with Crippen LogP contribution in [0.4, 0.5) is 26.3 Å². The van der Waals surface area contributed by atoms with Crippen LogP contribution in [0.3, 0.4) is 0 Å². The molecule has 0 atom stereocenters. The minimum atomic E-state index is -5.01. The van der Waals surface area contributed by atoms with Gasteiger partial charge in [-0.3, -0.25) is 13.9 Å². The molecule has 0 aliphatic heterocycles. The Hall–Kier alpha value is -3.05. The summed E-state index contributed by atoms with van der Waals surface area (Å²) in [5, 5.41) is 13.0. The molecule has 0 radical (unpaired) electrons. The fourth-order valence-corrected chi connectivity index (χ4v) is 2.45. The number of nitrogens with zero attached hydrogens (tertiary/aromatic N) is 4. The second-order valence-electron chi connectivity index (χ2n) is 5.61. The highest BCUT2D eigenvalue weighted by atomic mass is 19.4. The van der Waals surface area contributed by atoms with Crippen molar-refractivity contribution < 1.29 is 31.4 Å². The first-order valence-electron chi connectivity index (χ1n) is 7.38. The van der Waals surface area contributed by atoms with Gasteiger partial charge in [0.25, 0.3) is 5.56 Å². The minimum absolute atomic E-state index is 0.315. The summed E-state index contributed by atoms with van der Waals surface area (Å²) in [6, 6.07) is 1.97. The largest absolute Gasteiger partial charge is 0.508 e. The third-order valence-electron chi connectivity index (χ3n) is 3.63. The molecule has 0 spiro atoms. The summed E-state index contributed by atoms with van der Waals surface area (Å²) < 4.78 is 78.7. The molecule has 0 aliphatic carbocycles. The number of pyridine rings is 1. The van der Waals surface area contributed by atoms with Gasteiger partial charge in [0.2, 0.25) is 0 Å². The molecule has 0 unspecified atom stereocenters. The van der Waals surface area contributed by atoms with E-state index in [2.05, 4.69) is 10.1 Å². The fraction of sp³-hybridized carbons (Fsp3) is 0.267. The SMILES string of the molecule is O=c1c(-c2cnn(CCC(F)(F)F)c2)c(C(F)(F)F)nc2cc(O)ccn12. The van der Waals surface area contributed by atoms with Gasteiger partial charge in [-0.2, -0.15) is 31.4 Å². The Morgan fingerprint density at radius 3 is 2.48 bits per heavy atom. The lowest BCUT2D eigenvalue weighted by Gasteiger charge is -2.12. The predicted octanol–water partition coefficient (Wildman–Crippen LogP) is 3.23. The second-order valence-corrected chi connectivity index (χ2v) is 5.61. The van der Waals surface area contributed by atoms with E-state index in [0.29, 0.717) is 0 Å². The van der Waals surface area contributed by atoms with Crippen molar-refractivity contribution >= 4 is 5.65 Å². The first-order chi connectivity index (χ1) is 12.5. The van der Waals surface area contributed by atoms with Crippen molar-refractivity contribution in [1.82, 2.24) is 19.2 Å². The van der Waals surface area contributed by atoms with E-state index in [1.807, 2.05) is 0 Å². The van der Waals surface area contributed by atoms with Crippen molar-refractivity contribution in [1.29, 1.82) is 0 Å². The molecule has 0 saturated heterocycles. The third kappa shape index (κ3) is 3.88. The number of halogens is 6. The molecule has 3 aromatic rings. The van der Waals surface area contributed by atoms with Crippen molar-refractivity contribution in [2.75, 3.05) is 0 Å². The first-order valence-corrected chi connectivity index (χ1v) is 7.38. The Morgan fingerprint density at radius 1 is 1.15 bits per heavy atom. The number of fused-ring (bicyclic) bond motifs is 1. The van der Waals surface area contributed by atoms with Crippen molar-refractivity contribution in [3.63, 3.8) is 0 Å². The Kier molecular flexibility index (Phi) is 4.36. The van der Waals surface area contributed by atoms with Crippen LogP contribution in [0.15, 0.2) is 35.5 Å². The summed E-state index contributed by atoms with van der Waals surface area (Å²) >= 11 is 0. The van der Waals surface area contributed by atoms with E-state index in [1.54, 1.807) is 0 Å². The highest BCUT2D eigenvalue weighted by molar-refractivity contribution is 5.66. The van der Waals surface area contributed by atoms with E-state index >= 15 is 0 Å². The van der Waals surface area contributed by atoms with Gasteiger partial charge in [-0.05, 0) is 6.07 Å². The zero-order valence-electron chi connectivity index (χ0n) is 13.2. The maximum atomic E-state index is 13.4. The van der Waals surface area contributed by atoms with Gasteiger partial charge in [0, 0.05) is 30.6 Å². The molecule has 6 nitrogen and oxygen atoms in total. The number of aromatic hydroxyl groups is 1. The van der Waals surface area contributed by atoms with Gasteiger partial charge in [0.05, 0.1) is 18.2 Å². The standard InChI is InChI=1S/C15H10F6N4O2/c16-14(17,18)2-4-24-7-8(6-22-24)11-12(15(19,20)21)23-10-5-9(26)1-3-25(10)13(11)27/h1,3,5-7,26H,2,4H2. The Morgan fingerprint density at radius 2 is 1.85 bits per heavy atom. The molecule has 27 heavy (non-hydrogen) atoms. The van der Waals surface area contributed by atoms with E-state index in [4.69, 9.17) is 0 Å². The van der Waals surface area contributed by atoms with Crippen LogP contribution in [0.1, 0.15) is 12.1 Å². The molecule has 3 aromatic heterocycles. The minimum Gasteiger partial charge on any atom is -0.508 e. The molecule has 3 heterocycles. The fourth-order valence-electron chi connectivity index (χ4n) is 2.45. The van der Waals surface area contributed by atoms with Crippen LogP contribution >= 0.6 is 0 Å². The zero-order valence-corrected chi connectivity index (χ0v) is 13.2. The van der Waals surface area contributed by atoms with E-state index in [-0.39, 0.29) is 11.3 Å². The molecule has 144 valence electrons. The highest BCUT2D eigenvalue weighted by Crippen LogP contribution is 2.34. The van der Waals surface area contributed by atoms with Crippen molar-refractivity contribution in [3.05, 3.63) is 46.8 Å². The van der Waals surface area contributed by atoms with Crippen LogP contribution in [0, 0.1) is 0 Å². The Labute approximate surface area is 146 Å². The number of aryl methyl sites for hydroxylation is 1. The number of hydrogen-bond donors (Lipinski definition) is 1. The van der Waals surface area contributed by atoms with Crippen LogP contribution < -0.4 is 5.56 Å². The average molecular weight is 392 g/mol. The smallest absolute Gasteiger partial charge is 0.434 e. The molecule has 0 fully saturated rings. The lowest BCUT2D eigenvalue weighted by Crippen LogP contribution is -2.23. The van der Waals surface area contributed by atoms with Crippen LogP contribution in [-0.4, -0.2) is 30.4 Å². The summed E-state index contributed by atoms with van der Waals surface area (Å²) in [5.74, 6) is -0.386. The topological polar surface area (TPSA) is 72.4 Å². The number of alkyl halides is 6. The van der Waals surface area contributed by atoms with Gasteiger partial charge in [0.15, 0.2) is 5.69 Å². The molecule has 0 saturated carbocycles. The number of hydrogen-bond acceptors (Lipinski definition) is 4. The first kappa shape index (κ1) is 18.7. The number of aromatic nitrogens is 4. The lowest BCUT2D eigenvalue weighted by atomic mass is 10.1. The quantitative estimate of drug-likeness (QED) is 0.695. The molecule has 0 aliphatic rings. The van der Waals surface area contributed by atoms with Crippen LogP contribution in [0.25, 0.3) is 16.8 Å². The molecule has 0 bridgehead atoms. The summed E-state index contributed by atoms with van der Waals surface area (Å²) in [6.07, 6.45) is -7.87. The monoisotopic (exact) mass is 392 g/mol. The normalized spacial score (nSPS) is 12.7. The summed E-state index contributed by atoms with van der Waals surface area (Å²) in [4.78, 5) is 16.0. The summed E-state index contributed by atoms with van der Waals surface area (Å²) in [7, 11) is 0. The van der Waals surface area contributed by atoms with Gasteiger partial charge in [-0.1, -0.05) is 0 Å². The van der Waals surface area contributed by atoms with Crippen molar-refractivity contribution in [2.24, 2.45) is 0 Å². The van der Waals surface area contributed by atoms with Gasteiger partial charge in [-0.25, -0.2) is 4.98 Å². The average Bonchev–Trinajstić information content (AvgIpc) is 2.99. The maximum Gasteiger partial charge on any atom is 0.434 e. The number of rotatable bonds is 3.